The molecule has 2 heteroatoms. The van der Waals surface area contributed by atoms with Crippen molar-refractivity contribution in [2.24, 2.45) is 5.92 Å². The number of aromatic nitrogens is 1. The van der Waals surface area contributed by atoms with Crippen molar-refractivity contribution in [3.63, 3.8) is 0 Å². The maximum atomic E-state index is 10.3. The van der Waals surface area contributed by atoms with Crippen LogP contribution in [0.3, 0.4) is 0 Å². The van der Waals surface area contributed by atoms with E-state index in [0.29, 0.717) is 11.7 Å². The second kappa shape index (κ2) is 6.43. The van der Waals surface area contributed by atoms with E-state index in [1.807, 2.05) is 12.1 Å². The van der Waals surface area contributed by atoms with Crippen molar-refractivity contribution >= 4 is 21.8 Å². The van der Waals surface area contributed by atoms with Crippen molar-refractivity contribution < 1.29 is 5.11 Å². The Kier molecular flexibility index (Phi) is 4.37. The summed E-state index contributed by atoms with van der Waals surface area (Å²) in [6, 6.07) is 14.3. The van der Waals surface area contributed by atoms with Gasteiger partial charge in [-0.05, 0) is 30.5 Å². The summed E-state index contributed by atoms with van der Waals surface area (Å²) in [6.45, 7) is 5.57. The molecule has 0 saturated carbocycles. The molecule has 116 valence electrons. The second-order valence-electron chi connectivity index (χ2n) is 6.22. The van der Waals surface area contributed by atoms with Gasteiger partial charge in [0.1, 0.15) is 5.75 Å². The Morgan fingerprint density at radius 3 is 2.55 bits per heavy atom. The van der Waals surface area contributed by atoms with Crippen LogP contribution in [0.25, 0.3) is 21.8 Å². The predicted octanol–water partition coefficient (Wildman–Crippen LogP) is 5.72. The van der Waals surface area contributed by atoms with Crippen molar-refractivity contribution in [1.82, 2.24) is 4.57 Å². The van der Waals surface area contributed by atoms with E-state index in [2.05, 4.69) is 42.7 Å². The van der Waals surface area contributed by atoms with E-state index in [1.165, 1.54) is 31.2 Å². The Balaban J connectivity index is 2.12. The first-order valence-corrected chi connectivity index (χ1v) is 8.45. The van der Waals surface area contributed by atoms with E-state index in [-0.39, 0.29) is 0 Å². The van der Waals surface area contributed by atoms with Crippen LogP contribution in [0.15, 0.2) is 42.5 Å². The Bertz CT molecular complexity index is 772. The van der Waals surface area contributed by atoms with Crippen LogP contribution in [0.1, 0.15) is 39.5 Å². The average molecular weight is 295 g/mol. The Hall–Kier alpha value is -1.96. The van der Waals surface area contributed by atoms with Crippen LogP contribution in [0.5, 0.6) is 5.75 Å². The van der Waals surface area contributed by atoms with Crippen molar-refractivity contribution in [2.75, 3.05) is 0 Å². The maximum Gasteiger partial charge on any atom is 0.125 e. The topological polar surface area (TPSA) is 25.2 Å². The van der Waals surface area contributed by atoms with Gasteiger partial charge < -0.3 is 9.67 Å². The highest BCUT2D eigenvalue weighted by Gasteiger charge is 2.15. The quantitative estimate of drug-likeness (QED) is 0.618. The lowest BCUT2D eigenvalue weighted by Crippen LogP contribution is -2.10. The van der Waals surface area contributed by atoms with Crippen LogP contribution in [0.4, 0.5) is 0 Å². The molecule has 0 radical (unpaired) electrons. The minimum absolute atomic E-state index is 0.383. The standard InChI is InChI=1S/C20H25NO/c1-3-5-9-15(4-2)14-21-17-11-7-6-10-16(17)20-18(21)12-8-13-19(20)22/h6-8,10-13,15,22H,3-5,9,14H2,1-2H3. The van der Waals surface area contributed by atoms with Gasteiger partial charge in [-0.25, -0.2) is 0 Å². The Morgan fingerprint density at radius 2 is 1.77 bits per heavy atom. The first-order valence-electron chi connectivity index (χ1n) is 8.45. The molecule has 3 rings (SSSR count). The second-order valence-corrected chi connectivity index (χ2v) is 6.22. The van der Waals surface area contributed by atoms with Crippen LogP contribution in [-0.4, -0.2) is 9.67 Å². The lowest BCUT2D eigenvalue weighted by molar-refractivity contribution is 0.401. The zero-order valence-corrected chi connectivity index (χ0v) is 13.5. The third-order valence-corrected chi connectivity index (χ3v) is 4.76. The van der Waals surface area contributed by atoms with Crippen LogP contribution in [0, 0.1) is 5.92 Å². The third kappa shape index (κ3) is 2.58. The number of hydrogen-bond donors (Lipinski definition) is 1. The van der Waals surface area contributed by atoms with Gasteiger partial charge in [0.25, 0.3) is 0 Å². The molecule has 1 atom stereocenters. The van der Waals surface area contributed by atoms with Gasteiger partial charge in [0.15, 0.2) is 0 Å². The van der Waals surface area contributed by atoms with Gasteiger partial charge in [0.05, 0.1) is 5.52 Å². The van der Waals surface area contributed by atoms with Gasteiger partial charge in [-0.1, -0.05) is 57.4 Å². The lowest BCUT2D eigenvalue weighted by Gasteiger charge is -2.17. The van der Waals surface area contributed by atoms with E-state index >= 15 is 0 Å². The average Bonchev–Trinajstić information content (AvgIpc) is 2.86. The lowest BCUT2D eigenvalue weighted by atomic mass is 9.99. The molecule has 1 heterocycles. The van der Waals surface area contributed by atoms with Gasteiger partial charge in [0.2, 0.25) is 0 Å². The number of nitrogens with zero attached hydrogens (tertiary/aromatic N) is 1. The highest BCUT2D eigenvalue weighted by Crippen LogP contribution is 2.35. The highest BCUT2D eigenvalue weighted by molar-refractivity contribution is 6.11. The molecule has 3 aromatic rings. The fraction of sp³-hybridized carbons (Fsp3) is 0.400. The summed E-state index contributed by atoms with van der Waals surface area (Å²) < 4.78 is 2.40. The molecular formula is C20H25NO. The monoisotopic (exact) mass is 295 g/mol. The van der Waals surface area contributed by atoms with Gasteiger partial charge in [-0.15, -0.1) is 0 Å². The zero-order chi connectivity index (χ0) is 15.5. The van der Waals surface area contributed by atoms with E-state index < -0.39 is 0 Å². The number of phenolic OH excluding ortho intramolecular Hbond substituents is 1. The minimum Gasteiger partial charge on any atom is -0.507 e. The Labute approximate surface area is 132 Å². The number of fused-ring (bicyclic) bond motifs is 3. The van der Waals surface area contributed by atoms with Crippen LogP contribution >= 0.6 is 0 Å². The molecule has 0 spiro atoms. The highest BCUT2D eigenvalue weighted by atomic mass is 16.3. The summed E-state index contributed by atoms with van der Waals surface area (Å²) in [5.41, 5.74) is 2.38. The largest absolute Gasteiger partial charge is 0.507 e. The van der Waals surface area contributed by atoms with E-state index in [9.17, 15) is 5.11 Å². The number of hydrogen-bond acceptors (Lipinski definition) is 1. The minimum atomic E-state index is 0.383. The van der Waals surface area contributed by atoms with Crippen molar-refractivity contribution in [3.05, 3.63) is 42.5 Å². The molecule has 0 aliphatic rings. The molecule has 1 N–H and O–H groups in total. The van der Waals surface area contributed by atoms with Gasteiger partial charge in [-0.3, -0.25) is 0 Å². The molecule has 0 fully saturated rings. The van der Waals surface area contributed by atoms with Crippen LogP contribution in [0.2, 0.25) is 0 Å². The van der Waals surface area contributed by atoms with Crippen molar-refractivity contribution in [1.29, 1.82) is 0 Å². The molecule has 1 aromatic heterocycles. The fourth-order valence-electron chi connectivity index (χ4n) is 3.45. The molecule has 0 aliphatic carbocycles. The third-order valence-electron chi connectivity index (χ3n) is 4.76. The molecule has 22 heavy (non-hydrogen) atoms. The van der Waals surface area contributed by atoms with E-state index in [0.717, 1.165) is 22.8 Å². The number of benzene rings is 2. The summed E-state index contributed by atoms with van der Waals surface area (Å²) in [6.07, 6.45) is 5.03. The van der Waals surface area contributed by atoms with E-state index in [1.54, 1.807) is 6.07 Å². The molecule has 0 saturated heterocycles. The summed E-state index contributed by atoms with van der Waals surface area (Å²) in [5.74, 6) is 1.08. The molecule has 2 nitrogen and oxygen atoms in total. The zero-order valence-electron chi connectivity index (χ0n) is 13.5. The SMILES string of the molecule is CCCCC(CC)Cn1c2ccccc2c2c(O)cccc21. The molecule has 2 aromatic carbocycles. The van der Waals surface area contributed by atoms with Crippen molar-refractivity contribution in [3.8, 4) is 5.75 Å². The van der Waals surface area contributed by atoms with Crippen molar-refractivity contribution in [2.45, 2.75) is 46.1 Å². The predicted molar refractivity (Wildman–Crippen MR) is 94.4 cm³/mol. The molecule has 1 unspecified atom stereocenters. The smallest absolute Gasteiger partial charge is 0.125 e. The number of unbranched alkanes of at least 4 members (excludes halogenated alkanes) is 1. The molecule has 0 aliphatic heterocycles. The number of aromatic hydroxyl groups is 1. The van der Waals surface area contributed by atoms with Crippen LogP contribution < -0.4 is 0 Å². The number of para-hydroxylation sites is 1. The summed E-state index contributed by atoms with van der Waals surface area (Å²) in [5, 5.41) is 12.4. The van der Waals surface area contributed by atoms with Gasteiger partial charge >= 0.3 is 0 Å². The first kappa shape index (κ1) is 15.0. The van der Waals surface area contributed by atoms with Gasteiger partial charge in [-0.2, -0.15) is 0 Å². The molecule has 0 bridgehead atoms. The molecule has 0 amide bonds. The fourth-order valence-corrected chi connectivity index (χ4v) is 3.45. The van der Waals surface area contributed by atoms with E-state index in [4.69, 9.17) is 0 Å². The summed E-state index contributed by atoms with van der Waals surface area (Å²) in [4.78, 5) is 0. The normalized spacial score (nSPS) is 13.0. The Morgan fingerprint density at radius 1 is 1.00 bits per heavy atom. The summed E-state index contributed by atoms with van der Waals surface area (Å²) in [7, 11) is 0. The maximum absolute atomic E-state index is 10.3. The molecular weight excluding hydrogens is 270 g/mol. The van der Waals surface area contributed by atoms with Crippen LogP contribution in [-0.2, 0) is 6.54 Å². The van der Waals surface area contributed by atoms with Gasteiger partial charge in [0, 0.05) is 22.8 Å². The first-order chi connectivity index (χ1) is 10.8. The summed E-state index contributed by atoms with van der Waals surface area (Å²) >= 11 is 0. The number of phenols is 1. The number of rotatable bonds is 6.